The molecule has 1 unspecified atom stereocenters. The van der Waals surface area contributed by atoms with E-state index in [1.807, 2.05) is 4.98 Å². The zero-order valence-corrected chi connectivity index (χ0v) is 10.5. The number of aliphatic hydroxyl groups excluding tert-OH is 2. The molecule has 2 heterocycles. The minimum atomic E-state index is -2.13. The van der Waals surface area contributed by atoms with Crippen LogP contribution < -0.4 is 11.2 Å². The smallest absolute Gasteiger partial charge is 0.347 e. The van der Waals surface area contributed by atoms with Crippen LogP contribution in [0.25, 0.3) is 0 Å². The summed E-state index contributed by atoms with van der Waals surface area (Å²) >= 11 is 0. The van der Waals surface area contributed by atoms with E-state index >= 15 is 0 Å². The van der Waals surface area contributed by atoms with Crippen LogP contribution in [0.2, 0.25) is 0 Å². The fraction of sp³-hybridized carbons (Fsp3) is 0.545. The predicted octanol–water partition coefficient (Wildman–Crippen LogP) is -3.06. The van der Waals surface area contributed by atoms with Crippen LogP contribution in [-0.2, 0) is 4.74 Å². The highest BCUT2D eigenvalue weighted by Crippen LogP contribution is 2.36. The summed E-state index contributed by atoms with van der Waals surface area (Å²) in [6.45, 7) is 0.848. The molecule has 0 radical (unpaired) electrons. The summed E-state index contributed by atoms with van der Waals surface area (Å²) in [7, 11) is 0. The first-order valence-corrected chi connectivity index (χ1v) is 5.73. The number of nitrogens with one attached hydrogen (secondary N) is 1. The van der Waals surface area contributed by atoms with Gasteiger partial charge >= 0.3 is 5.69 Å². The van der Waals surface area contributed by atoms with E-state index in [1.165, 1.54) is 6.92 Å². The lowest BCUT2D eigenvalue weighted by atomic mass is 9.95. The number of H-pyrrole nitrogens is 1. The van der Waals surface area contributed by atoms with Crippen LogP contribution in [-0.4, -0.2) is 54.5 Å². The van der Waals surface area contributed by atoms with Gasteiger partial charge in [0, 0.05) is 0 Å². The second-order valence-corrected chi connectivity index (χ2v) is 4.24. The maximum absolute atomic E-state index is 11.7. The Hall–Kier alpha value is -1.99. The lowest BCUT2D eigenvalue weighted by Gasteiger charge is -2.25. The molecule has 1 aliphatic rings. The number of hydrogen-bond acceptors (Lipinski definition) is 7. The molecule has 0 saturated carbocycles. The molecule has 4 N–H and O–H groups in total. The molecule has 0 bridgehead atoms. The van der Waals surface area contributed by atoms with Gasteiger partial charge in [-0.05, 0) is 6.92 Å². The third-order valence-corrected chi connectivity index (χ3v) is 2.95. The maximum atomic E-state index is 11.7. The van der Waals surface area contributed by atoms with Crippen molar-refractivity contribution in [2.75, 3.05) is 6.61 Å². The number of ether oxygens (including phenoxy) is 1. The van der Waals surface area contributed by atoms with Gasteiger partial charge in [-0.15, -0.1) is 5.92 Å². The molecule has 0 spiro atoms. The molecule has 2 rings (SSSR count). The van der Waals surface area contributed by atoms with Crippen molar-refractivity contribution in [3.63, 3.8) is 0 Å². The Balaban J connectivity index is 2.55. The van der Waals surface area contributed by atoms with Gasteiger partial charge in [-0.1, -0.05) is 5.92 Å². The van der Waals surface area contributed by atoms with Crippen LogP contribution >= 0.6 is 0 Å². The minimum Gasteiger partial charge on any atom is -0.394 e. The standard InChI is InChI=1S/C11H13N3O6/c1-2-3-11(19)8(17)6(5-15)20-9(11)14-10(18)13-7(16)4-12-14/h4,6,8-9,15,17,19H,5H2,1H3,(H,13,16,18)/t6-,8?,9-,11-/m1/s1. The fourth-order valence-corrected chi connectivity index (χ4v) is 2.03. The van der Waals surface area contributed by atoms with Crippen molar-refractivity contribution < 1.29 is 20.1 Å². The molecular formula is C11H13N3O6. The summed E-state index contributed by atoms with van der Waals surface area (Å²) in [5, 5.41) is 33.0. The summed E-state index contributed by atoms with van der Waals surface area (Å²) in [5.74, 6) is 4.77. The van der Waals surface area contributed by atoms with Gasteiger partial charge in [0.15, 0.2) is 6.23 Å². The molecule has 1 fully saturated rings. The highest BCUT2D eigenvalue weighted by Gasteiger charge is 2.56. The second kappa shape index (κ2) is 5.18. The quantitative estimate of drug-likeness (QED) is 0.423. The third kappa shape index (κ3) is 2.14. The first-order chi connectivity index (χ1) is 9.43. The van der Waals surface area contributed by atoms with Crippen LogP contribution in [0, 0.1) is 11.8 Å². The van der Waals surface area contributed by atoms with Gasteiger partial charge in [0.2, 0.25) is 5.60 Å². The number of aromatic amines is 1. The molecular weight excluding hydrogens is 270 g/mol. The second-order valence-electron chi connectivity index (χ2n) is 4.24. The highest BCUT2D eigenvalue weighted by molar-refractivity contribution is 5.21. The van der Waals surface area contributed by atoms with Crippen LogP contribution in [0.4, 0.5) is 0 Å². The molecule has 9 heteroatoms. The Labute approximate surface area is 112 Å². The number of aliphatic hydroxyl groups is 3. The number of hydrogen-bond donors (Lipinski definition) is 4. The molecule has 9 nitrogen and oxygen atoms in total. The van der Waals surface area contributed by atoms with Crippen molar-refractivity contribution >= 4 is 0 Å². The molecule has 4 atom stereocenters. The Bertz CT molecular complexity index is 671. The van der Waals surface area contributed by atoms with E-state index in [9.17, 15) is 19.8 Å². The summed E-state index contributed by atoms with van der Waals surface area (Å²) in [5.41, 5.74) is -3.77. The van der Waals surface area contributed by atoms with E-state index in [-0.39, 0.29) is 0 Å². The first-order valence-electron chi connectivity index (χ1n) is 5.73. The fourth-order valence-electron chi connectivity index (χ4n) is 2.03. The van der Waals surface area contributed by atoms with E-state index in [4.69, 9.17) is 9.84 Å². The third-order valence-electron chi connectivity index (χ3n) is 2.95. The lowest BCUT2D eigenvalue weighted by Crippen LogP contribution is -2.49. The summed E-state index contributed by atoms with van der Waals surface area (Å²) < 4.78 is 5.88. The molecule has 1 aliphatic heterocycles. The van der Waals surface area contributed by atoms with E-state index in [1.54, 1.807) is 0 Å². The summed E-state index contributed by atoms with van der Waals surface area (Å²) in [6.07, 6.45) is -3.30. The lowest BCUT2D eigenvalue weighted by molar-refractivity contribution is -0.0838. The molecule has 108 valence electrons. The van der Waals surface area contributed by atoms with Gasteiger partial charge < -0.3 is 20.1 Å². The van der Waals surface area contributed by atoms with Crippen molar-refractivity contribution in [2.24, 2.45) is 0 Å². The van der Waals surface area contributed by atoms with Crippen molar-refractivity contribution in [3.05, 3.63) is 27.0 Å². The van der Waals surface area contributed by atoms with Crippen LogP contribution in [0.3, 0.4) is 0 Å². The van der Waals surface area contributed by atoms with Gasteiger partial charge in [0.05, 0.1) is 6.61 Å². The Kier molecular flexibility index (Phi) is 3.74. The topological polar surface area (TPSA) is 138 Å². The predicted molar refractivity (Wildman–Crippen MR) is 64.5 cm³/mol. The number of nitrogens with zero attached hydrogens (tertiary/aromatic N) is 2. The van der Waals surface area contributed by atoms with Crippen LogP contribution in [0.15, 0.2) is 15.8 Å². The van der Waals surface area contributed by atoms with Crippen molar-refractivity contribution in [3.8, 4) is 11.8 Å². The van der Waals surface area contributed by atoms with E-state index in [0.29, 0.717) is 4.68 Å². The summed E-state index contributed by atoms with van der Waals surface area (Å²) in [4.78, 5) is 24.6. The summed E-state index contributed by atoms with van der Waals surface area (Å²) in [6, 6.07) is 0. The van der Waals surface area contributed by atoms with Gasteiger partial charge in [-0.25, -0.2) is 4.79 Å². The molecule has 0 aromatic carbocycles. The van der Waals surface area contributed by atoms with Crippen LogP contribution in [0.5, 0.6) is 0 Å². The Morgan fingerprint density at radius 1 is 1.60 bits per heavy atom. The zero-order valence-electron chi connectivity index (χ0n) is 10.5. The first kappa shape index (κ1) is 14.4. The molecule has 1 aromatic rings. The van der Waals surface area contributed by atoms with Gasteiger partial charge in [0.1, 0.15) is 18.4 Å². The average molecular weight is 283 g/mol. The largest absolute Gasteiger partial charge is 0.394 e. The Morgan fingerprint density at radius 2 is 2.30 bits per heavy atom. The van der Waals surface area contributed by atoms with E-state index < -0.39 is 41.9 Å². The van der Waals surface area contributed by atoms with Crippen LogP contribution in [0.1, 0.15) is 13.2 Å². The molecule has 0 amide bonds. The Morgan fingerprint density at radius 3 is 2.85 bits per heavy atom. The van der Waals surface area contributed by atoms with Crippen molar-refractivity contribution in [2.45, 2.75) is 31.0 Å². The van der Waals surface area contributed by atoms with Gasteiger partial charge in [-0.2, -0.15) is 9.78 Å². The average Bonchev–Trinajstić information content (AvgIpc) is 2.63. The highest BCUT2D eigenvalue weighted by atomic mass is 16.6. The molecule has 1 saturated heterocycles. The van der Waals surface area contributed by atoms with E-state index in [0.717, 1.165) is 6.20 Å². The molecule has 20 heavy (non-hydrogen) atoms. The maximum Gasteiger partial charge on any atom is 0.347 e. The molecule has 1 aromatic heterocycles. The molecule has 0 aliphatic carbocycles. The monoisotopic (exact) mass is 283 g/mol. The van der Waals surface area contributed by atoms with Gasteiger partial charge in [0.25, 0.3) is 5.56 Å². The number of rotatable bonds is 2. The zero-order chi connectivity index (χ0) is 14.9. The SMILES string of the molecule is CC#C[C@@]1(O)C(O)[C@@H](CO)O[C@H]1n1ncc(=O)[nH]c1=O. The van der Waals surface area contributed by atoms with Crippen molar-refractivity contribution in [1.29, 1.82) is 0 Å². The minimum absolute atomic E-state index is 0.580. The number of aromatic nitrogens is 3. The van der Waals surface area contributed by atoms with Crippen molar-refractivity contribution in [1.82, 2.24) is 14.8 Å². The van der Waals surface area contributed by atoms with Gasteiger partial charge in [-0.3, -0.25) is 9.78 Å². The normalized spacial score (nSPS) is 32.7. The van der Waals surface area contributed by atoms with E-state index in [2.05, 4.69) is 16.9 Å².